The van der Waals surface area contributed by atoms with Crippen LogP contribution in [0.2, 0.25) is 0 Å². The smallest absolute Gasteiger partial charge is 0.242 e. The van der Waals surface area contributed by atoms with Crippen LogP contribution >= 0.6 is 15.9 Å². The lowest BCUT2D eigenvalue weighted by Crippen LogP contribution is -2.40. The molecule has 1 rings (SSSR count). The third-order valence-electron chi connectivity index (χ3n) is 2.04. The van der Waals surface area contributed by atoms with Crippen molar-refractivity contribution in [2.24, 2.45) is 0 Å². The highest BCUT2D eigenvalue weighted by molar-refractivity contribution is 9.10. The second-order valence-corrected chi connectivity index (χ2v) is 5.92. The molecule has 0 spiro atoms. The number of nitrogens with one attached hydrogen (secondary N) is 1. The number of methoxy groups -OCH3 is 1. The highest BCUT2D eigenvalue weighted by Crippen LogP contribution is 2.21. The molecular weight excluding hydrogens is 310 g/mol. The van der Waals surface area contributed by atoms with E-state index in [1.165, 1.54) is 13.2 Å². The summed E-state index contributed by atoms with van der Waals surface area (Å²) >= 11 is 3.17. The molecule has 1 aromatic rings. The number of hydrogen-bond donors (Lipinski definition) is 2. The molecule has 0 radical (unpaired) electrons. The van der Waals surface area contributed by atoms with Crippen molar-refractivity contribution in [1.29, 1.82) is 0 Å². The van der Waals surface area contributed by atoms with Crippen LogP contribution in [0, 0.1) is 0 Å². The van der Waals surface area contributed by atoms with E-state index in [0.717, 1.165) is 0 Å². The molecule has 0 amide bonds. The molecule has 0 saturated heterocycles. The lowest BCUT2D eigenvalue weighted by molar-refractivity contribution is 0.139. The fourth-order valence-electron chi connectivity index (χ4n) is 1.27. The molecule has 0 heterocycles. The molecule has 1 atom stereocenters. The molecule has 0 saturated carbocycles. The van der Waals surface area contributed by atoms with E-state index < -0.39 is 16.1 Å². The molecular formula is C10H14BrNO4S. The first-order chi connectivity index (χ1) is 8.01. The Bertz CT molecular complexity index is 463. The molecule has 0 aliphatic rings. The van der Waals surface area contributed by atoms with Crippen LogP contribution in [0.25, 0.3) is 0 Å². The van der Waals surface area contributed by atoms with Gasteiger partial charge in [-0.25, -0.2) is 13.1 Å². The molecule has 7 heteroatoms. The minimum absolute atomic E-state index is 0.111. The summed E-state index contributed by atoms with van der Waals surface area (Å²) in [5.74, 6) is 0. The van der Waals surface area contributed by atoms with E-state index in [9.17, 15) is 8.42 Å². The van der Waals surface area contributed by atoms with Gasteiger partial charge in [-0.1, -0.05) is 12.1 Å². The zero-order valence-electron chi connectivity index (χ0n) is 9.26. The first kappa shape index (κ1) is 14.6. The summed E-state index contributed by atoms with van der Waals surface area (Å²) in [6.07, 6.45) is 0. The maximum absolute atomic E-state index is 12.0. The number of sulfonamides is 1. The van der Waals surface area contributed by atoms with Crippen LogP contribution in [-0.4, -0.2) is 39.9 Å². The van der Waals surface area contributed by atoms with E-state index in [0.29, 0.717) is 4.47 Å². The summed E-state index contributed by atoms with van der Waals surface area (Å²) in [6.45, 7) is -0.211. The van der Waals surface area contributed by atoms with Gasteiger partial charge in [-0.15, -0.1) is 0 Å². The lowest BCUT2D eigenvalue weighted by atomic mass is 10.4. The zero-order valence-corrected chi connectivity index (χ0v) is 11.7. The molecule has 17 heavy (non-hydrogen) atoms. The normalized spacial score (nSPS) is 13.6. The zero-order chi connectivity index (χ0) is 12.9. The van der Waals surface area contributed by atoms with E-state index in [1.54, 1.807) is 18.2 Å². The second kappa shape index (κ2) is 6.46. The first-order valence-corrected chi connectivity index (χ1v) is 7.15. The van der Waals surface area contributed by atoms with E-state index in [1.807, 2.05) is 0 Å². The molecule has 0 aliphatic heterocycles. The average molecular weight is 324 g/mol. The summed E-state index contributed by atoms with van der Waals surface area (Å²) in [7, 11) is -2.22. The maximum atomic E-state index is 12.0. The van der Waals surface area contributed by atoms with Gasteiger partial charge in [0.2, 0.25) is 10.0 Å². The van der Waals surface area contributed by atoms with Gasteiger partial charge in [-0.05, 0) is 28.1 Å². The molecule has 96 valence electrons. The van der Waals surface area contributed by atoms with Crippen LogP contribution in [-0.2, 0) is 14.8 Å². The summed E-state index contributed by atoms with van der Waals surface area (Å²) < 4.78 is 31.6. The summed E-state index contributed by atoms with van der Waals surface area (Å²) in [5, 5.41) is 9.02. The standard InChI is InChI=1S/C10H14BrNO4S/c1-16-7-8(6-13)12-17(14,15)10-5-3-2-4-9(10)11/h2-5,8,12-13H,6-7H2,1H3. The van der Waals surface area contributed by atoms with Gasteiger partial charge in [0.25, 0.3) is 0 Å². The Labute approximate surface area is 109 Å². The van der Waals surface area contributed by atoms with Crippen molar-refractivity contribution < 1.29 is 18.3 Å². The van der Waals surface area contributed by atoms with Crippen molar-refractivity contribution in [1.82, 2.24) is 4.72 Å². The van der Waals surface area contributed by atoms with Crippen LogP contribution < -0.4 is 4.72 Å². The Kier molecular flexibility index (Phi) is 5.54. The summed E-state index contributed by atoms with van der Waals surface area (Å²) in [4.78, 5) is 0.134. The maximum Gasteiger partial charge on any atom is 0.242 e. The fraction of sp³-hybridized carbons (Fsp3) is 0.400. The number of ether oxygens (including phenoxy) is 1. The minimum Gasteiger partial charge on any atom is -0.395 e. The second-order valence-electron chi connectivity index (χ2n) is 3.39. The lowest BCUT2D eigenvalue weighted by Gasteiger charge is -2.16. The van der Waals surface area contributed by atoms with Crippen LogP contribution in [0.15, 0.2) is 33.6 Å². The topological polar surface area (TPSA) is 75.6 Å². The Balaban J connectivity index is 2.92. The number of halogens is 1. The van der Waals surface area contributed by atoms with Crippen molar-refractivity contribution in [2.75, 3.05) is 20.3 Å². The van der Waals surface area contributed by atoms with Gasteiger partial charge in [0.15, 0.2) is 0 Å². The Morgan fingerprint density at radius 2 is 2.12 bits per heavy atom. The van der Waals surface area contributed by atoms with Gasteiger partial charge in [0, 0.05) is 11.6 Å². The SMILES string of the molecule is COCC(CO)NS(=O)(=O)c1ccccc1Br. The predicted octanol–water partition coefficient (Wildman–Crippen LogP) is 0.735. The summed E-state index contributed by atoms with van der Waals surface area (Å²) in [5.41, 5.74) is 0. The van der Waals surface area contributed by atoms with Gasteiger partial charge < -0.3 is 9.84 Å². The molecule has 0 bridgehead atoms. The molecule has 0 fully saturated rings. The quantitative estimate of drug-likeness (QED) is 0.809. The number of aliphatic hydroxyl groups is 1. The third-order valence-corrected chi connectivity index (χ3v) is 4.57. The van der Waals surface area contributed by atoms with Crippen LogP contribution in [0.3, 0.4) is 0 Å². The highest BCUT2D eigenvalue weighted by Gasteiger charge is 2.21. The molecule has 2 N–H and O–H groups in total. The van der Waals surface area contributed by atoms with Gasteiger partial charge in [0.1, 0.15) is 0 Å². The van der Waals surface area contributed by atoms with Gasteiger partial charge >= 0.3 is 0 Å². The van der Waals surface area contributed by atoms with Crippen molar-refractivity contribution in [3.05, 3.63) is 28.7 Å². The Morgan fingerprint density at radius 1 is 1.47 bits per heavy atom. The number of aliphatic hydroxyl groups excluding tert-OH is 1. The van der Waals surface area contributed by atoms with E-state index in [2.05, 4.69) is 20.7 Å². The minimum atomic E-state index is -3.66. The van der Waals surface area contributed by atoms with Crippen molar-refractivity contribution in [3.63, 3.8) is 0 Å². The highest BCUT2D eigenvalue weighted by atomic mass is 79.9. The van der Waals surface area contributed by atoms with Gasteiger partial charge in [-0.2, -0.15) is 0 Å². The number of benzene rings is 1. The largest absolute Gasteiger partial charge is 0.395 e. The van der Waals surface area contributed by atoms with E-state index >= 15 is 0 Å². The van der Waals surface area contributed by atoms with E-state index in [4.69, 9.17) is 9.84 Å². The first-order valence-electron chi connectivity index (χ1n) is 4.88. The van der Waals surface area contributed by atoms with Crippen molar-refractivity contribution in [3.8, 4) is 0 Å². The fourth-order valence-corrected chi connectivity index (χ4v) is 3.49. The number of rotatable bonds is 6. The Morgan fingerprint density at radius 3 is 2.65 bits per heavy atom. The molecule has 0 aromatic heterocycles. The molecule has 5 nitrogen and oxygen atoms in total. The summed E-state index contributed by atoms with van der Waals surface area (Å²) in [6, 6.07) is 5.81. The van der Waals surface area contributed by atoms with E-state index in [-0.39, 0.29) is 18.1 Å². The molecule has 1 aromatic carbocycles. The van der Waals surface area contributed by atoms with Crippen molar-refractivity contribution in [2.45, 2.75) is 10.9 Å². The van der Waals surface area contributed by atoms with Crippen molar-refractivity contribution >= 4 is 26.0 Å². The Hall–Kier alpha value is -0.470. The van der Waals surface area contributed by atoms with Crippen LogP contribution in [0.5, 0.6) is 0 Å². The van der Waals surface area contributed by atoms with Crippen LogP contribution in [0.1, 0.15) is 0 Å². The predicted molar refractivity (Wildman–Crippen MR) is 67.2 cm³/mol. The molecule has 0 aliphatic carbocycles. The monoisotopic (exact) mass is 323 g/mol. The van der Waals surface area contributed by atoms with Crippen LogP contribution in [0.4, 0.5) is 0 Å². The average Bonchev–Trinajstić information content (AvgIpc) is 2.28. The molecule has 1 unspecified atom stereocenters. The third kappa shape index (κ3) is 4.04. The van der Waals surface area contributed by atoms with Gasteiger partial charge in [-0.3, -0.25) is 0 Å². The van der Waals surface area contributed by atoms with Gasteiger partial charge in [0.05, 0.1) is 24.2 Å². The number of hydrogen-bond acceptors (Lipinski definition) is 4.